The van der Waals surface area contributed by atoms with E-state index in [1.165, 1.54) is 103 Å². The van der Waals surface area contributed by atoms with E-state index >= 15 is 0 Å². The third kappa shape index (κ3) is 9.43. The van der Waals surface area contributed by atoms with Crippen LogP contribution in [0.3, 0.4) is 0 Å². The summed E-state index contributed by atoms with van der Waals surface area (Å²) in [5.41, 5.74) is 3.07. The van der Waals surface area contributed by atoms with Gasteiger partial charge in [-0.2, -0.15) is 0 Å². The fraction of sp³-hybridized carbons (Fsp3) is 0.760. The van der Waals surface area contributed by atoms with E-state index in [1.54, 1.807) is 10.5 Å². The van der Waals surface area contributed by atoms with Crippen molar-refractivity contribution >= 4 is 33.6 Å². The summed E-state index contributed by atoms with van der Waals surface area (Å²) in [7, 11) is 3.07. The van der Waals surface area contributed by atoms with Crippen LogP contribution < -0.4 is 29.6 Å². The first kappa shape index (κ1) is 29.7. The zero-order valence-corrected chi connectivity index (χ0v) is 23.7. The molecule has 1 aromatic carbocycles. The molecule has 31 heavy (non-hydrogen) atoms. The highest BCUT2D eigenvalue weighted by Crippen LogP contribution is 2.36. The third-order valence-electron chi connectivity index (χ3n) is 6.43. The molecule has 0 spiro atoms. The van der Waals surface area contributed by atoms with Crippen molar-refractivity contribution in [3.8, 4) is 5.75 Å². The Balaban J connectivity index is 0.00000240. The van der Waals surface area contributed by atoms with Gasteiger partial charge in [-0.25, -0.2) is 0 Å². The molecule has 2 saturated heterocycles. The number of ether oxygens (including phenoxy) is 1. The SMILES string of the molecule is CCCCC(CC)CSc1cc(C[S+]2CCCC2)c(OC)cc1C[S+]1CCCC1.[Cl-].[Cl-]. The lowest BCUT2D eigenvalue weighted by Gasteiger charge is -2.18. The summed E-state index contributed by atoms with van der Waals surface area (Å²) < 4.78 is 5.91. The van der Waals surface area contributed by atoms with Crippen molar-refractivity contribution in [1.82, 2.24) is 0 Å². The standard InChI is InChI=1S/C25H42OS3.2ClH/c1-4-6-11-21(5-2)18-27-25-17-22(19-28-12-7-8-13-28)24(26-3)16-23(25)20-29-14-9-10-15-29;;/h16-17,21H,4-15,18-20H2,1-3H3;2*1H/q+2;;/p-2. The molecule has 0 radical (unpaired) electrons. The fourth-order valence-electron chi connectivity index (χ4n) is 4.46. The van der Waals surface area contributed by atoms with Crippen LogP contribution in [0, 0.1) is 5.92 Å². The highest BCUT2D eigenvalue weighted by atomic mass is 35.5. The van der Waals surface area contributed by atoms with Gasteiger partial charge in [0, 0.05) is 21.8 Å². The van der Waals surface area contributed by atoms with Crippen LogP contribution in [-0.2, 0) is 33.3 Å². The van der Waals surface area contributed by atoms with Gasteiger partial charge < -0.3 is 29.6 Å². The van der Waals surface area contributed by atoms with Crippen molar-refractivity contribution in [2.75, 3.05) is 35.9 Å². The Hall–Kier alpha value is 0.650. The molecule has 0 N–H and O–H groups in total. The van der Waals surface area contributed by atoms with Crippen molar-refractivity contribution in [3.63, 3.8) is 0 Å². The molecule has 2 aliphatic heterocycles. The number of halogens is 2. The molecule has 2 heterocycles. The summed E-state index contributed by atoms with van der Waals surface area (Å²) in [5.74, 6) is 11.6. The van der Waals surface area contributed by atoms with E-state index in [1.807, 2.05) is 7.11 Å². The molecule has 1 nitrogen and oxygen atoms in total. The van der Waals surface area contributed by atoms with Gasteiger partial charge in [-0.1, -0.05) is 33.1 Å². The molecule has 0 amide bonds. The van der Waals surface area contributed by atoms with E-state index in [4.69, 9.17) is 4.74 Å². The maximum Gasteiger partial charge on any atom is 0.136 e. The van der Waals surface area contributed by atoms with Crippen LogP contribution in [0.4, 0.5) is 0 Å². The van der Waals surface area contributed by atoms with Gasteiger partial charge in [-0.15, -0.1) is 11.8 Å². The average Bonchev–Trinajstić information content (AvgIpc) is 3.44. The van der Waals surface area contributed by atoms with Crippen LogP contribution in [0.5, 0.6) is 5.75 Å². The predicted octanol–water partition coefficient (Wildman–Crippen LogP) is 0.836. The molecule has 0 aromatic heterocycles. The van der Waals surface area contributed by atoms with Crippen molar-refractivity contribution in [3.05, 3.63) is 23.3 Å². The maximum atomic E-state index is 5.91. The maximum absolute atomic E-state index is 5.91. The van der Waals surface area contributed by atoms with Gasteiger partial charge >= 0.3 is 0 Å². The first-order valence-electron chi connectivity index (χ1n) is 11.8. The van der Waals surface area contributed by atoms with Gasteiger partial charge in [-0.05, 0) is 71.9 Å². The molecule has 0 bridgehead atoms. The first-order valence-corrected chi connectivity index (χ1v) is 16.3. The normalized spacial score (nSPS) is 17.9. The predicted molar refractivity (Wildman–Crippen MR) is 137 cm³/mol. The molecular formula is C25H42Cl2OS3. The van der Waals surface area contributed by atoms with Crippen LogP contribution in [0.1, 0.15) is 76.3 Å². The van der Waals surface area contributed by atoms with Crippen molar-refractivity contribution < 1.29 is 29.6 Å². The lowest BCUT2D eigenvalue weighted by atomic mass is 10.0. The number of benzene rings is 1. The van der Waals surface area contributed by atoms with E-state index < -0.39 is 0 Å². The van der Waals surface area contributed by atoms with Gasteiger partial charge in [-0.3, -0.25) is 0 Å². The largest absolute Gasteiger partial charge is 1.00 e. The van der Waals surface area contributed by atoms with E-state index in [9.17, 15) is 0 Å². The quantitative estimate of drug-likeness (QED) is 0.296. The van der Waals surface area contributed by atoms with Gasteiger partial charge in [0.1, 0.15) is 40.3 Å². The second-order valence-corrected chi connectivity index (χ2v) is 14.5. The Morgan fingerprint density at radius 3 is 2.00 bits per heavy atom. The lowest BCUT2D eigenvalue weighted by Crippen LogP contribution is -3.00. The lowest BCUT2D eigenvalue weighted by molar-refractivity contribution is -0.00100. The minimum absolute atomic E-state index is 0. The molecule has 180 valence electrons. The van der Waals surface area contributed by atoms with Crippen molar-refractivity contribution in [1.29, 1.82) is 0 Å². The number of methoxy groups -OCH3 is 1. The third-order valence-corrected chi connectivity index (χ3v) is 12.7. The van der Waals surface area contributed by atoms with Crippen LogP contribution in [0.2, 0.25) is 0 Å². The Kier molecular flexibility index (Phi) is 15.6. The average molecular weight is 526 g/mol. The highest BCUT2D eigenvalue weighted by molar-refractivity contribution is 7.99. The monoisotopic (exact) mass is 524 g/mol. The fourth-order valence-corrected chi connectivity index (χ4v) is 10.7. The van der Waals surface area contributed by atoms with Gasteiger partial charge in [0.05, 0.1) is 7.11 Å². The second kappa shape index (κ2) is 16.3. The summed E-state index contributed by atoms with van der Waals surface area (Å²) >= 11 is 2.16. The first-order chi connectivity index (χ1) is 14.2. The molecule has 6 heteroatoms. The van der Waals surface area contributed by atoms with E-state index in [0.717, 1.165) is 5.92 Å². The van der Waals surface area contributed by atoms with Crippen molar-refractivity contribution in [2.45, 2.75) is 81.6 Å². The molecule has 2 fully saturated rings. The Morgan fingerprint density at radius 1 is 0.903 bits per heavy atom. The van der Waals surface area contributed by atoms with Gasteiger partial charge in [0.25, 0.3) is 0 Å². The zero-order chi connectivity index (χ0) is 20.5. The number of hydrogen-bond donors (Lipinski definition) is 0. The van der Waals surface area contributed by atoms with Gasteiger partial charge in [0.2, 0.25) is 0 Å². The number of rotatable bonds is 12. The van der Waals surface area contributed by atoms with E-state index in [-0.39, 0.29) is 24.8 Å². The molecule has 0 saturated carbocycles. The molecule has 1 unspecified atom stereocenters. The molecule has 0 aliphatic carbocycles. The van der Waals surface area contributed by atoms with Crippen LogP contribution in [-0.4, -0.2) is 35.9 Å². The zero-order valence-electron chi connectivity index (χ0n) is 19.7. The molecule has 2 aliphatic rings. The highest BCUT2D eigenvalue weighted by Gasteiger charge is 2.29. The molecular weight excluding hydrogens is 483 g/mol. The van der Waals surface area contributed by atoms with E-state index in [0.29, 0.717) is 21.8 Å². The second-order valence-electron chi connectivity index (χ2n) is 8.74. The molecule has 3 rings (SSSR count). The summed E-state index contributed by atoms with van der Waals surface area (Å²) in [4.78, 5) is 1.58. The number of unbranched alkanes of at least 4 members (excludes halogenated alkanes) is 1. The minimum atomic E-state index is 0. The van der Waals surface area contributed by atoms with Crippen LogP contribution in [0.25, 0.3) is 0 Å². The topological polar surface area (TPSA) is 9.23 Å². The molecule has 1 aromatic rings. The summed E-state index contributed by atoms with van der Waals surface area (Å²) in [6.45, 7) is 4.70. The summed E-state index contributed by atoms with van der Waals surface area (Å²) in [6.07, 6.45) is 11.2. The Labute approximate surface area is 214 Å². The Bertz CT molecular complexity index is 617. The van der Waals surface area contributed by atoms with Crippen molar-refractivity contribution in [2.24, 2.45) is 5.92 Å². The summed E-state index contributed by atoms with van der Waals surface area (Å²) in [6, 6.07) is 4.99. The molecule has 1 atom stereocenters. The van der Waals surface area contributed by atoms with Gasteiger partial charge in [0.15, 0.2) is 0 Å². The van der Waals surface area contributed by atoms with Crippen LogP contribution >= 0.6 is 11.8 Å². The van der Waals surface area contributed by atoms with E-state index in [2.05, 4.69) is 37.7 Å². The minimum Gasteiger partial charge on any atom is -1.00 e. The Morgan fingerprint density at radius 2 is 1.48 bits per heavy atom. The number of thioether (sulfide) groups is 1. The van der Waals surface area contributed by atoms with Crippen LogP contribution in [0.15, 0.2) is 17.0 Å². The number of hydrogen-bond acceptors (Lipinski definition) is 2. The smallest absolute Gasteiger partial charge is 0.136 e. The summed E-state index contributed by atoms with van der Waals surface area (Å²) in [5, 5.41) is 0.